The van der Waals surface area contributed by atoms with Crippen molar-refractivity contribution < 1.29 is 18.3 Å². The van der Waals surface area contributed by atoms with Crippen LogP contribution in [0.15, 0.2) is 18.2 Å². The minimum Gasteiger partial charge on any atom is -0.368 e. The van der Waals surface area contributed by atoms with E-state index in [0.29, 0.717) is 6.61 Å². The molecule has 0 amide bonds. The Morgan fingerprint density at radius 3 is 2.56 bits per heavy atom. The Morgan fingerprint density at radius 1 is 1.38 bits per heavy atom. The van der Waals surface area contributed by atoms with E-state index in [1.54, 1.807) is 6.92 Å². The van der Waals surface area contributed by atoms with Gasteiger partial charge >= 0.3 is 0 Å². The summed E-state index contributed by atoms with van der Waals surface area (Å²) in [4.78, 5) is 11.9. The number of carbonyl (C=O) groups is 1. The summed E-state index contributed by atoms with van der Waals surface area (Å²) in [5.74, 6) is -2.72. The summed E-state index contributed by atoms with van der Waals surface area (Å²) in [6.45, 7) is 5.12. The Labute approximate surface area is 93.2 Å². The van der Waals surface area contributed by atoms with Crippen LogP contribution in [0.2, 0.25) is 0 Å². The van der Waals surface area contributed by atoms with Crippen LogP contribution in [-0.4, -0.2) is 18.0 Å². The van der Waals surface area contributed by atoms with Crippen molar-refractivity contribution in [3.63, 3.8) is 0 Å². The maximum atomic E-state index is 13.4. The third-order valence-corrected chi connectivity index (χ3v) is 2.25. The van der Waals surface area contributed by atoms with Gasteiger partial charge in [-0.25, -0.2) is 8.78 Å². The number of ether oxygens (including phenoxy) is 1. The molecule has 0 fully saturated rings. The molecule has 2 nitrogen and oxygen atoms in total. The van der Waals surface area contributed by atoms with Crippen molar-refractivity contribution >= 4 is 5.78 Å². The molecule has 1 aromatic rings. The number of ketones is 1. The second-order valence-corrected chi connectivity index (χ2v) is 3.87. The van der Waals surface area contributed by atoms with Crippen LogP contribution in [0.25, 0.3) is 0 Å². The molecule has 4 heteroatoms. The topological polar surface area (TPSA) is 26.3 Å². The van der Waals surface area contributed by atoms with E-state index in [4.69, 9.17) is 4.74 Å². The minimum atomic E-state index is -1.15. The quantitative estimate of drug-likeness (QED) is 0.740. The lowest BCUT2D eigenvalue weighted by atomic mass is 9.96. The van der Waals surface area contributed by atoms with E-state index in [0.717, 1.165) is 6.07 Å². The molecule has 0 aliphatic carbocycles. The molecular formula is C12H14F2O2. The minimum absolute atomic E-state index is 0.279. The molecule has 0 unspecified atom stereocenters. The Kier molecular flexibility index (Phi) is 3.75. The van der Waals surface area contributed by atoms with Crippen molar-refractivity contribution in [3.05, 3.63) is 35.4 Å². The van der Waals surface area contributed by atoms with Crippen molar-refractivity contribution in [3.8, 4) is 0 Å². The van der Waals surface area contributed by atoms with Crippen LogP contribution in [0.3, 0.4) is 0 Å². The SMILES string of the molecule is CCOC(C)(C)C(=O)c1cccc(F)c1F. The average Bonchev–Trinajstić information content (AvgIpc) is 2.21. The van der Waals surface area contributed by atoms with Gasteiger partial charge in [0, 0.05) is 6.61 Å². The molecule has 0 heterocycles. The van der Waals surface area contributed by atoms with Crippen LogP contribution in [0.1, 0.15) is 31.1 Å². The van der Waals surface area contributed by atoms with Gasteiger partial charge in [-0.05, 0) is 32.9 Å². The van der Waals surface area contributed by atoms with E-state index in [2.05, 4.69) is 0 Å². The molecule has 0 spiro atoms. The second-order valence-electron chi connectivity index (χ2n) is 3.87. The van der Waals surface area contributed by atoms with Gasteiger partial charge in [-0.2, -0.15) is 0 Å². The highest BCUT2D eigenvalue weighted by Gasteiger charge is 2.31. The molecule has 88 valence electrons. The standard InChI is InChI=1S/C12H14F2O2/c1-4-16-12(2,3)11(15)8-6-5-7-9(13)10(8)14/h5-7H,4H2,1-3H3. The van der Waals surface area contributed by atoms with Gasteiger partial charge in [0.2, 0.25) is 0 Å². The van der Waals surface area contributed by atoms with E-state index in [-0.39, 0.29) is 5.56 Å². The van der Waals surface area contributed by atoms with Gasteiger partial charge in [0.05, 0.1) is 5.56 Å². The lowest BCUT2D eigenvalue weighted by molar-refractivity contribution is 0.000901. The molecule has 0 saturated carbocycles. The predicted octanol–water partition coefficient (Wildman–Crippen LogP) is 2.96. The van der Waals surface area contributed by atoms with Crippen molar-refractivity contribution in [2.75, 3.05) is 6.61 Å². The Hall–Kier alpha value is -1.29. The molecule has 0 radical (unpaired) electrons. The fourth-order valence-corrected chi connectivity index (χ4v) is 1.43. The molecule has 0 saturated heterocycles. The van der Waals surface area contributed by atoms with Crippen molar-refractivity contribution in [2.24, 2.45) is 0 Å². The van der Waals surface area contributed by atoms with E-state index in [1.165, 1.54) is 26.0 Å². The molecule has 1 aromatic carbocycles. The number of Topliss-reactive ketones (excluding diaryl/α,β-unsaturated/α-hetero) is 1. The lowest BCUT2D eigenvalue weighted by Crippen LogP contribution is -2.35. The summed E-state index contributed by atoms with van der Waals surface area (Å²) < 4.78 is 31.5. The first-order valence-corrected chi connectivity index (χ1v) is 5.03. The molecule has 0 aliphatic heterocycles. The van der Waals surface area contributed by atoms with Gasteiger partial charge in [0.1, 0.15) is 5.60 Å². The highest BCUT2D eigenvalue weighted by atomic mass is 19.2. The largest absolute Gasteiger partial charge is 0.368 e. The third-order valence-electron chi connectivity index (χ3n) is 2.25. The van der Waals surface area contributed by atoms with Crippen molar-refractivity contribution in [1.82, 2.24) is 0 Å². The number of hydrogen-bond acceptors (Lipinski definition) is 2. The molecule has 0 bridgehead atoms. The molecule has 16 heavy (non-hydrogen) atoms. The van der Waals surface area contributed by atoms with Gasteiger partial charge in [-0.15, -0.1) is 0 Å². The first-order valence-electron chi connectivity index (χ1n) is 5.03. The molecule has 0 aliphatic rings. The van der Waals surface area contributed by atoms with Crippen molar-refractivity contribution in [1.29, 1.82) is 0 Å². The lowest BCUT2D eigenvalue weighted by Gasteiger charge is -2.23. The van der Waals surface area contributed by atoms with Crippen LogP contribution in [-0.2, 0) is 4.74 Å². The van der Waals surface area contributed by atoms with E-state index >= 15 is 0 Å². The molecular weight excluding hydrogens is 214 g/mol. The zero-order valence-electron chi connectivity index (χ0n) is 9.51. The number of rotatable bonds is 4. The maximum Gasteiger partial charge on any atom is 0.197 e. The van der Waals surface area contributed by atoms with Crippen LogP contribution in [0, 0.1) is 11.6 Å². The van der Waals surface area contributed by atoms with Gasteiger partial charge in [-0.1, -0.05) is 6.07 Å². The van der Waals surface area contributed by atoms with Gasteiger partial charge in [-0.3, -0.25) is 4.79 Å². The summed E-state index contributed by atoms with van der Waals surface area (Å²) in [6.07, 6.45) is 0. The zero-order chi connectivity index (χ0) is 12.3. The molecule has 0 aromatic heterocycles. The molecule has 0 atom stereocenters. The second kappa shape index (κ2) is 4.70. The molecule has 1 rings (SSSR count). The van der Waals surface area contributed by atoms with Crippen LogP contribution >= 0.6 is 0 Å². The van der Waals surface area contributed by atoms with Crippen LogP contribution in [0.5, 0.6) is 0 Å². The van der Waals surface area contributed by atoms with Gasteiger partial charge in [0.15, 0.2) is 17.4 Å². The van der Waals surface area contributed by atoms with Gasteiger partial charge in [0.25, 0.3) is 0 Å². The number of carbonyl (C=O) groups excluding carboxylic acids is 1. The van der Waals surface area contributed by atoms with E-state index < -0.39 is 23.0 Å². The monoisotopic (exact) mass is 228 g/mol. The first kappa shape index (κ1) is 12.8. The average molecular weight is 228 g/mol. The summed E-state index contributed by atoms with van der Waals surface area (Å²) in [5.41, 5.74) is -1.43. The maximum absolute atomic E-state index is 13.4. The fourth-order valence-electron chi connectivity index (χ4n) is 1.43. The number of halogens is 2. The third kappa shape index (κ3) is 2.44. The fraction of sp³-hybridized carbons (Fsp3) is 0.417. The van der Waals surface area contributed by atoms with E-state index in [1.807, 2.05) is 0 Å². The summed E-state index contributed by atoms with van der Waals surface area (Å²) in [5, 5.41) is 0. The first-order chi connectivity index (χ1) is 7.40. The Morgan fingerprint density at radius 2 is 2.00 bits per heavy atom. The highest BCUT2D eigenvalue weighted by molar-refractivity contribution is 6.02. The normalized spacial score (nSPS) is 11.6. The van der Waals surface area contributed by atoms with Gasteiger partial charge < -0.3 is 4.74 Å². The number of hydrogen-bond donors (Lipinski definition) is 0. The van der Waals surface area contributed by atoms with Crippen LogP contribution in [0.4, 0.5) is 8.78 Å². The number of benzene rings is 1. The smallest absolute Gasteiger partial charge is 0.197 e. The van der Waals surface area contributed by atoms with Crippen molar-refractivity contribution in [2.45, 2.75) is 26.4 Å². The Balaban J connectivity index is 3.10. The zero-order valence-corrected chi connectivity index (χ0v) is 9.51. The summed E-state index contributed by atoms with van der Waals surface area (Å²) >= 11 is 0. The highest BCUT2D eigenvalue weighted by Crippen LogP contribution is 2.20. The predicted molar refractivity (Wildman–Crippen MR) is 56.4 cm³/mol. The Bertz CT molecular complexity index is 400. The van der Waals surface area contributed by atoms with Crippen LogP contribution < -0.4 is 0 Å². The molecule has 0 N–H and O–H groups in total. The van der Waals surface area contributed by atoms with E-state index in [9.17, 15) is 13.6 Å². The summed E-state index contributed by atoms with van der Waals surface area (Å²) in [6, 6.07) is 3.52. The summed E-state index contributed by atoms with van der Waals surface area (Å²) in [7, 11) is 0.